The van der Waals surface area contributed by atoms with Gasteiger partial charge in [-0.2, -0.15) is 5.48 Å². The van der Waals surface area contributed by atoms with Crippen molar-refractivity contribution in [2.45, 2.75) is 77.4 Å². The molecule has 2 aliphatic carbocycles. The van der Waals surface area contributed by atoms with Crippen LogP contribution in [0.25, 0.3) is 0 Å². The van der Waals surface area contributed by atoms with E-state index < -0.39 is 0 Å². The van der Waals surface area contributed by atoms with Crippen molar-refractivity contribution in [1.29, 1.82) is 0 Å². The van der Waals surface area contributed by atoms with E-state index in [1.807, 2.05) is 0 Å². The summed E-state index contributed by atoms with van der Waals surface area (Å²) in [4.78, 5) is 5.70. The Balaban J connectivity index is 1.77. The van der Waals surface area contributed by atoms with E-state index in [4.69, 9.17) is 4.84 Å². The van der Waals surface area contributed by atoms with Crippen LogP contribution in [0.4, 0.5) is 0 Å². The fourth-order valence-electron chi connectivity index (χ4n) is 3.24. The summed E-state index contributed by atoms with van der Waals surface area (Å²) in [7, 11) is 0. The Morgan fingerprint density at radius 3 is 2.31 bits per heavy atom. The Hall–Kier alpha value is -0.0800. The van der Waals surface area contributed by atoms with Crippen molar-refractivity contribution in [2.75, 3.05) is 0 Å². The average Bonchev–Trinajstić information content (AvgIpc) is 2.25. The van der Waals surface area contributed by atoms with Crippen LogP contribution in [0.3, 0.4) is 0 Å². The number of hydrogen-bond donors (Lipinski definition) is 1. The molecule has 94 valence electrons. The summed E-state index contributed by atoms with van der Waals surface area (Å²) in [5.41, 5.74) is 3.23. The highest BCUT2D eigenvalue weighted by atomic mass is 16.7. The van der Waals surface area contributed by atoms with Gasteiger partial charge in [0.25, 0.3) is 0 Å². The second-order valence-electron chi connectivity index (χ2n) is 6.65. The monoisotopic (exact) mass is 225 g/mol. The van der Waals surface area contributed by atoms with Crippen molar-refractivity contribution in [1.82, 2.24) is 5.48 Å². The Morgan fingerprint density at radius 1 is 0.938 bits per heavy atom. The summed E-state index contributed by atoms with van der Waals surface area (Å²) >= 11 is 0. The van der Waals surface area contributed by atoms with Gasteiger partial charge in [-0.3, -0.25) is 4.84 Å². The van der Waals surface area contributed by atoms with E-state index in [0.717, 1.165) is 11.8 Å². The number of rotatable bonds is 2. The molecule has 0 aromatic rings. The summed E-state index contributed by atoms with van der Waals surface area (Å²) < 4.78 is 0. The average molecular weight is 225 g/mol. The fraction of sp³-hybridized carbons (Fsp3) is 1.00. The molecule has 0 aliphatic heterocycles. The topological polar surface area (TPSA) is 21.3 Å². The van der Waals surface area contributed by atoms with E-state index in [-0.39, 0.29) is 5.60 Å². The van der Waals surface area contributed by atoms with E-state index in [9.17, 15) is 0 Å². The molecule has 0 saturated heterocycles. The van der Waals surface area contributed by atoms with Gasteiger partial charge < -0.3 is 0 Å². The normalized spacial score (nSPS) is 35.8. The van der Waals surface area contributed by atoms with Crippen molar-refractivity contribution < 1.29 is 4.84 Å². The van der Waals surface area contributed by atoms with E-state index in [1.165, 1.54) is 44.9 Å². The molecule has 2 fully saturated rings. The van der Waals surface area contributed by atoms with Gasteiger partial charge in [0.1, 0.15) is 0 Å². The second kappa shape index (κ2) is 5.05. The van der Waals surface area contributed by atoms with Crippen molar-refractivity contribution in [2.24, 2.45) is 11.8 Å². The van der Waals surface area contributed by atoms with Crippen LogP contribution in [0.5, 0.6) is 0 Å². The number of fused-ring (bicyclic) bond motifs is 1. The van der Waals surface area contributed by atoms with E-state index in [1.54, 1.807) is 0 Å². The first-order chi connectivity index (χ1) is 7.54. The minimum Gasteiger partial charge on any atom is -0.296 e. The highest BCUT2D eigenvalue weighted by Gasteiger charge is 2.32. The summed E-state index contributed by atoms with van der Waals surface area (Å²) in [5.74, 6) is 2.00. The maximum atomic E-state index is 5.70. The molecule has 2 aliphatic rings. The zero-order valence-corrected chi connectivity index (χ0v) is 11.1. The Morgan fingerprint density at radius 2 is 1.62 bits per heavy atom. The maximum Gasteiger partial charge on any atom is 0.0813 e. The summed E-state index contributed by atoms with van der Waals surface area (Å²) in [6.07, 6.45) is 9.91. The molecule has 0 radical (unpaired) electrons. The molecule has 3 unspecified atom stereocenters. The zero-order chi connectivity index (χ0) is 11.6. The molecule has 0 heterocycles. The number of nitrogens with one attached hydrogen (secondary N) is 1. The SMILES string of the molecule is CC(C)(C)ONC1CCC2CCCCC2C1. The van der Waals surface area contributed by atoms with Gasteiger partial charge in [-0.15, -0.1) is 0 Å². The lowest BCUT2D eigenvalue weighted by molar-refractivity contribution is -0.0989. The van der Waals surface area contributed by atoms with Crippen LogP contribution in [0, 0.1) is 11.8 Å². The standard InChI is InChI=1S/C14H27NO/c1-14(2,3)16-15-13-9-8-11-6-4-5-7-12(11)10-13/h11-13,15H,4-10H2,1-3H3. The van der Waals surface area contributed by atoms with Crippen molar-refractivity contribution in [3.63, 3.8) is 0 Å². The third kappa shape index (κ3) is 3.46. The van der Waals surface area contributed by atoms with E-state index >= 15 is 0 Å². The highest BCUT2D eigenvalue weighted by molar-refractivity contribution is 4.85. The maximum absolute atomic E-state index is 5.70. The fourth-order valence-corrected chi connectivity index (χ4v) is 3.24. The quantitative estimate of drug-likeness (QED) is 0.724. The molecule has 2 saturated carbocycles. The van der Waals surface area contributed by atoms with Crippen LogP contribution in [-0.4, -0.2) is 11.6 Å². The molecule has 2 nitrogen and oxygen atoms in total. The molecule has 0 spiro atoms. The molecule has 2 heteroatoms. The molecule has 0 aromatic heterocycles. The number of hydrogen-bond acceptors (Lipinski definition) is 2. The van der Waals surface area contributed by atoms with Crippen LogP contribution >= 0.6 is 0 Å². The van der Waals surface area contributed by atoms with Crippen LogP contribution in [-0.2, 0) is 4.84 Å². The molecule has 0 bridgehead atoms. The lowest BCUT2D eigenvalue weighted by Gasteiger charge is -2.40. The van der Waals surface area contributed by atoms with Gasteiger partial charge in [0.05, 0.1) is 5.60 Å². The molecular formula is C14H27NO. The molecule has 1 N–H and O–H groups in total. The van der Waals surface area contributed by atoms with Crippen molar-refractivity contribution in [3.05, 3.63) is 0 Å². The smallest absolute Gasteiger partial charge is 0.0813 e. The lowest BCUT2D eigenvalue weighted by Crippen LogP contribution is -2.42. The largest absolute Gasteiger partial charge is 0.296 e. The Kier molecular flexibility index (Phi) is 3.91. The first-order valence-electron chi connectivity index (χ1n) is 6.98. The second-order valence-corrected chi connectivity index (χ2v) is 6.65. The summed E-state index contributed by atoms with van der Waals surface area (Å²) in [5, 5.41) is 0. The minimum atomic E-state index is -0.0661. The lowest BCUT2D eigenvalue weighted by atomic mass is 9.69. The van der Waals surface area contributed by atoms with Crippen LogP contribution in [0.1, 0.15) is 65.7 Å². The van der Waals surface area contributed by atoms with E-state index in [0.29, 0.717) is 6.04 Å². The molecule has 0 aromatic carbocycles. The first kappa shape index (κ1) is 12.4. The van der Waals surface area contributed by atoms with Crippen molar-refractivity contribution >= 4 is 0 Å². The van der Waals surface area contributed by atoms with Gasteiger partial charge in [-0.05, 0) is 51.9 Å². The zero-order valence-electron chi connectivity index (χ0n) is 11.1. The van der Waals surface area contributed by atoms with Crippen LogP contribution in [0.2, 0.25) is 0 Å². The molecule has 16 heavy (non-hydrogen) atoms. The minimum absolute atomic E-state index is 0.0661. The molecule has 2 rings (SSSR count). The van der Waals surface area contributed by atoms with Gasteiger partial charge in [0, 0.05) is 6.04 Å². The van der Waals surface area contributed by atoms with Crippen molar-refractivity contribution in [3.8, 4) is 0 Å². The third-order valence-corrected chi connectivity index (χ3v) is 4.07. The predicted octanol–water partition coefficient (Wildman–Crippen LogP) is 3.67. The Bertz CT molecular complexity index is 221. The molecular weight excluding hydrogens is 198 g/mol. The van der Waals surface area contributed by atoms with Gasteiger partial charge in [0.2, 0.25) is 0 Å². The van der Waals surface area contributed by atoms with Gasteiger partial charge >= 0.3 is 0 Å². The molecule has 3 atom stereocenters. The summed E-state index contributed by atoms with van der Waals surface area (Å²) in [6.45, 7) is 6.31. The first-order valence-corrected chi connectivity index (χ1v) is 6.98. The number of hydroxylamine groups is 1. The van der Waals surface area contributed by atoms with Gasteiger partial charge in [0.15, 0.2) is 0 Å². The summed E-state index contributed by atoms with van der Waals surface area (Å²) in [6, 6.07) is 0.596. The predicted molar refractivity (Wildman–Crippen MR) is 67.1 cm³/mol. The van der Waals surface area contributed by atoms with Gasteiger partial charge in [-0.1, -0.05) is 25.7 Å². The van der Waals surface area contributed by atoms with E-state index in [2.05, 4.69) is 26.3 Å². The van der Waals surface area contributed by atoms with Crippen LogP contribution < -0.4 is 5.48 Å². The highest BCUT2D eigenvalue weighted by Crippen LogP contribution is 2.40. The van der Waals surface area contributed by atoms with Gasteiger partial charge in [-0.25, -0.2) is 0 Å². The van der Waals surface area contributed by atoms with Crippen LogP contribution in [0.15, 0.2) is 0 Å². The Labute approximate surface area is 100 Å². The third-order valence-electron chi connectivity index (χ3n) is 4.07. The molecule has 0 amide bonds.